The van der Waals surface area contributed by atoms with Gasteiger partial charge in [0.2, 0.25) is 5.91 Å². The number of amides is 1. The Kier molecular flexibility index (Phi) is 6.94. The molecule has 1 rings (SSSR count). The van der Waals surface area contributed by atoms with Gasteiger partial charge in [-0.1, -0.05) is 13.8 Å². The number of nitrogens with one attached hydrogen (secondary N) is 2. The predicted molar refractivity (Wildman–Crippen MR) is 87.1 cm³/mol. The Labute approximate surface area is 132 Å². The van der Waals surface area contributed by atoms with Crippen LogP contribution in [0.4, 0.5) is 5.69 Å². The Bertz CT molecular complexity index is 489. The van der Waals surface area contributed by atoms with Gasteiger partial charge in [0.15, 0.2) is 0 Å². The molecule has 0 radical (unpaired) electrons. The van der Waals surface area contributed by atoms with Gasteiger partial charge in [0, 0.05) is 16.0 Å². The van der Waals surface area contributed by atoms with Gasteiger partial charge in [-0.3, -0.25) is 4.79 Å². The molecule has 0 bridgehead atoms. The van der Waals surface area contributed by atoms with Crippen molar-refractivity contribution in [2.75, 3.05) is 11.9 Å². The lowest BCUT2D eigenvalue weighted by atomic mass is 10.1. The fraction of sp³-hybridized carbons (Fsp3) is 0.429. The highest BCUT2D eigenvalue weighted by atomic mass is 127. The van der Waals surface area contributed by atoms with Crippen LogP contribution in [-0.4, -0.2) is 29.6 Å². The summed E-state index contributed by atoms with van der Waals surface area (Å²) in [5.74, 6) is -1.21. The van der Waals surface area contributed by atoms with E-state index >= 15 is 0 Å². The summed E-state index contributed by atoms with van der Waals surface area (Å²) >= 11 is 2.04. The van der Waals surface area contributed by atoms with Crippen molar-refractivity contribution in [3.63, 3.8) is 0 Å². The maximum atomic E-state index is 11.8. The van der Waals surface area contributed by atoms with Crippen molar-refractivity contribution in [2.45, 2.75) is 32.7 Å². The quantitative estimate of drug-likeness (QED) is 0.494. The summed E-state index contributed by atoms with van der Waals surface area (Å²) < 4.78 is 0.819. The molecule has 0 spiro atoms. The molecule has 0 heterocycles. The van der Waals surface area contributed by atoms with Gasteiger partial charge >= 0.3 is 5.97 Å². The molecule has 6 heteroatoms. The lowest BCUT2D eigenvalue weighted by Gasteiger charge is -2.10. The highest BCUT2D eigenvalue weighted by molar-refractivity contribution is 14.1. The largest absolute Gasteiger partial charge is 0.478 e. The highest BCUT2D eigenvalue weighted by Crippen LogP contribution is 2.19. The maximum absolute atomic E-state index is 11.8. The third kappa shape index (κ3) is 5.87. The molecule has 0 aliphatic rings. The van der Waals surface area contributed by atoms with Crippen LogP contribution in [0.25, 0.3) is 0 Å². The SMILES string of the molecule is CC(C)NCCCC(=O)Nc1ccc(I)cc1C(=O)O. The number of carbonyl (C=O) groups is 2. The van der Waals surface area contributed by atoms with E-state index in [0.29, 0.717) is 18.2 Å². The van der Waals surface area contributed by atoms with Crippen molar-refractivity contribution in [3.05, 3.63) is 27.3 Å². The standard InChI is InChI=1S/C14H19IN2O3/c1-9(2)16-7-3-4-13(18)17-12-6-5-10(15)8-11(12)14(19)20/h5-6,8-9,16H,3-4,7H2,1-2H3,(H,17,18)(H,19,20). The summed E-state index contributed by atoms with van der Waals surface area (Å²) in [6.07, 6.45) is 1.08. The molecule has 0 saturated heterocycles. The molecule has 0 aliphatic carbocycles. The first kappa shape index (κ1) is 16.9. The fourth-order valence-corrected chi connectivity index (χ4v) is 2.15. The second-order valence-electron chi connectivity index (χ2n) is 4.76. The van der Waals surface area contributed by atoms with Crippen LogP contribution in [-0.2, 0) is 4.79 Å². The number of benzene rings is 1. The van der Waals surface area contributed by atoms with Gasteiger partial charge in [0.1, 0.15) is 0 Å². The summed E-state index contributed by atoms with van der Waals surface area (Å²) in [6.45, 7) is 4.86. The molecule has 110 valence electrons. The minimum atomic E-state index is -1.04. The van der Waals surface area contributed by atoms with Crippen LogP contribution in [0, 0.1) is 3.57 Å². The summed E-state index contributed by atoms with van der Waals surface area (Å²) in [6, 6.07) is 5.32. The molecule has 1 aromatic carbocycles. The first-order valence-electron chi connectivity index (χ1n) is 6.46. The second kappa shape index (κ2) is 8.21. The van der Waals surface area contributed by atoms with E-state index in [0.717, 1.165) is 16.5 Å². The zero-order valence-electron chi connectivity index (χ0n) is 11.6. The number of halogens is 1. The molecule has 5 nitrogen and oxygen atoms in total. The Hall–Kier alpha value is -1.15. The Balaban J connectivity index is 2.55. The minimum absolute atomic E-state index is 0.116. The molecule has 1 amide bonds. The van der Waals surface area contributed by atoms with Gasteiger partial charge in [-0.15, -0.1) is 0 Å². The molecule has 0 aromatic heterocycles. The molecular weight excluding hydrogens is 371 g/mol. The first-order chi connectivity index (χ1) is 9.40. The minimum Gasteiger partial charge on any atom is -0.478 e. The van der Waals surface area contributed by atoms with Gasteiger partial charge in [-0.05, 0) is 53.8 Å². The number of anilines is 1. The molecule has 3 N–H and O–H groups in total. The predicted octanol–water partition coefficient (Wildman–Crippen LogP) is 2.71. The van der Waals surface area contributed by atoms with Crippen molar-refractivity contribution >= 4 is 40.2 Å². The van der Waals surface area contributed by atoms with Crippen molar-refractivity contribution in [3.8, 4) is 0 Å². The fourth-order valence-electron chi connectivity index (χ4n) is 1.65. The average molecular weight is 390 g/mol. The molecule has 0 atom stereocenters. The normalized spacial score (nSPS) is 10.6. The van der Waals surface area contributed by atoms with Crippen molar-refractivity contribution < 1.29 is 14.7 Å². The Morgan fingerprint density at radius 1 is 1.35 bits per heavy atom. The summed E-state index contributed by atoms with van der Waals surface area (Å²) in [7, 11) is 0. The van der Waals surface area contributed by atoms with Crippen LogP contribution >= 0.6 is 22.6 Å². The summed E-state index contributed by atoms with van der Waals surface area (Å²) in [5, 5.41) is 15.0. The van der Waals surface area contributed by atoms with Gasteiger partial charge in [0.25, 0.3) is 0 Å². The smallest absolute Gasteiger partial charge is 0.337 e. The third-order valence-corrected chi connectivity index (χ3v) is 3.29. The zero-order chi connectivity index (χ0) is 15.1. The first-order valence-corrected chi connectivity index (χ1v) is 7.54. The zero-order valence-corrected chi connectivity index (χ0v) is 13.7. The number of hydrogen-bond donors (Lipinski definition) is 3. The van der Waals surface area contributed by atoms with Crippen LogP contribution in [0.15, 0.2) is 18.2 Å². The topological polar surface area (TPSA) is 78.4 Å². The molecule has 0 saturated carbocycles. The number of carboxylic acids is 1. The highest BCUT2D eigenvalue weighted by Gasteiger charge is 2.12. The number of carbonyl (C=O) groups excluding carboxylic acids is 1. The monoisotopic (exact) mass is 390 g/mol. The second-order valence-corrected chi connectivity index (χ2v) is 6.00. The van der Waals surface area contributed by atoms with E-state index < -0.39 is 5.97 Å². The number of hydrogen-bond acceptors (Lipinski definition) is 3. The van der Waals surface area contributed by atoms with Gasteiger partial charge < -0.3 is 15.7 Å². The third-order valence-electron chi connectivity index (χ3n) is 2.62. The number of carboxylic acid groups (broad SMARTS) is 1. The van der Waals surface area contributed by atoms with Crippen molar-refractivity contribution in [1.82, 2.24) is 5.32 Å². The molecule has 0 unspecified atom stereocenters. The van der Waals surface area contributed by atoms with E-state index in [1.807, 2.05) is 36.4 Å². The number of aromatic carboxylic acids is 1. The van der Waals surface area contributed by atoms with Gasteiger partial charge in [-0.25, -0.2) is 4.79 Å². The van der Waals surface area contributed by atoms with Crippen molar-refractivity contribution in [1.29, 1.82) is 0 Å². The van der Waals surface area contributed by atoms with E-state index in [9.17, 15) is 9.59 Å². The van der Waals surface area contributed by atoms with Crippen LogP contribution in [0.1, 0.15) is 37.0 Å². The maximum Gasteiger partial charge on any atom is 0.337 e. The van der Waals surface area contributed by atoms with E-state index in [1.54, 1.807) is 18.2 Å². The lowest BCUT2D eigenvalue weighted by molar-refractivity contribution is -0.116. The van der Waals surface area contributed by atoms with Crippen LogP contribution in [0.5, 0.6) is 0 Å². The molecule has 1 aromatic rings. The molecule has 0 aliphatic heterocycles. The van der Waals surface area contributed by atoms with Crippen molar-refractivity contribution in [2.24, 2.45) is 0 Å². The van der Waals surface area contributed by atoms with Gasteiger partial charge in [-0.2, -0.15) is 0 Å². The van der Waals surface area contributed by atoms with Gasteiger partial charge in [0.05, 0.1) is 11.3 Å². The average Bonchev–Trinajstić information content (AvgIpc) is 2.36. The lowest BCUT2D eigenvalue weighted by Crippen LogP contribution is -2.25. The van der Waals surface area contributed by atoms with E-state index in [-0.39, 0.29) is 11.5 Å². The van der Waals surface area contributed by atoms with E-state index in [4.69, 9.17) is 5.11 Å². The van der Waals surface area contributed by atoms with Crippen LogP contribution in [0.3, 0.4) is 0 Å². The summed E-state index contributed by atoms with van der Waals surface area (Å²) in [4.78, 5) is 22.9. The van der Waals surface area contributed by atoms with Crippen LogP contribution in [0.2, 0.25) is 0 Å². The summed E-state index contributed by atoms with van der Waals surface area (Å²) in [5.41, 5.74) is 0.463. The molecule has 0 fully saturated rings. The van der Waals surface area contributed by atoms with E-state index in [1.165, 1.54) is 0 Å². The van der Waals surface area contributed by atoms with Crippen LogP contribution < -0.4 is 10.6 Å². The Morgan fingerprint density at radius 2 is 2.05 bits per heavy atom. The number of rotatable bonds is 7. The molecule has 20 heavy (non-hydrogen) atoms. The van der Waals surface area contributed by atoms with E-state index in [2.05, 4.69) is 10.6 Å². The molecular formula is C14H19IN2O3. The Morgan fingerprint density at radius 3 is 2.65 bits per heavy atom.